The third-order valence-electron chi connectivity index (χ3n) is 3.24. The van der Waals surface area contributed by atoms with E-state index < -0.39 is 16.8 Å². The van der Waals surface area contributed by atoms with Crippen molar-refractivity contribution in [1.82, 2.24) is 0 Å². The highest BCUT2D eigenvalue weighted by Gasteiger charge is 2.30. The molecule has 2 aromatic rings. The van der Waals surface area contributed by atoms with E-state index in [9.17, 15) is 19.3 Å². The summed E-state index contributed by atoms with van der Waals surface area (Å²) in [5.74, 6) is -0.723. The number of halogens is 1. The minimum absolute atomic E-state index is 0.0288. The molecule has 1 aliphatic rings. The van der Waals surface area contributed by atoms with Gasteiger partial charge in [0.1, 0.15) is 11.9 Å². The standard InChI is InChI=1S/C14H10FN3O3/c15-8-1-6-11-12(7-8)17-14(19)13(11)16-9-2-4-10(5-3-9)18(20)21/h1-7,13,16H,(H,17,19). The number of nitro benzene ring substituents is 1. The first-order chi connectivity index (χ1) is 10.0. The van der Waals surface area contributed by atoms with E-state index in [4.69, 9.17) is 0 Å². The third kappa shape index (κ3) is 2.40. The number of nitro groups is 1. The number of rotatable bonds is 3. The molecule has 0 aromatic heterocycles. The average Bonchev–Trinajstić information content (AvgIpc) is 2.75. The lowest BCUT2D eigenvalue weighted by atomic mass is 10.1. The smallest absolute Gasteiger partial charge is 0.269 e. The molecule has 1 atom stereocenters. The van der Waals surface area contributed by atoms with Gasteiger partial charge in [-0.15, -0.1) is 0 Å². The number of amides is 1. The van der Waals surface area contributed by atoms with Gasteiger partial charge >= 0.3 is 0 Å². The molecule has 21 heavy (non-hydrogen) atoms. The Bertz CT molecular complexity index is 731. The van der Waals surface area contributed by atoms with E-state index in [-0.39, 0.29) is 11.6 Å². The highest BCUT2D eigenvalue weighted by atomic mass is 19.1. The van der Waals surface area contributed by atoms with Crippen molar-refractivity contribution in [2.45, 2.75) is 6.04 Å². The van der Waals surface area contributed by atoms with Crippen molar-refractivity contribution in [2.24, 2.45) is 0 Å². The molecule has 2 N–H and O–H groups in total. The molecule has 0 spiro atoms. The molecule has 7 heteroatoms. The van der Waals surface area contributed by atoms with Crippen LogP contribution in [0.1, 0.15) is 11.6 Å². The minimum atomic E-state index is -0.651. The number of hydrogen-bond donors (Lipinski definition) is 2. The van der Waals surface area contributed by atoms with E-state index in [1.165, 1.54) is 42.5 Å². The van der Waals surface area contributed by atoms with Crippen LogP contribution >= 0.6 is 0 Å². The maximum atomic E-state index is 13.1. The summed E-state index contributed by atoms with van der Waals surface area (Å²) in [6.45, 7) is 0. The second-order valence-electron chi connectivity index (χ2n) is 4.60. The van der Waals surface area contributed by atoms with E-state index in [1.54, 1.807) is 0 Å². The molecule has 6 nitrogen and oxygen atoms in total. The van der Waals surface area contributed by atoms with Crippen LogP contribution in [0.2, 0.25) is 0 Å². The van der Waals surface area contributed by atoms with Gasteiger partial charge in [0.15, 0.2) is 0 Å². The molecule has 0 aliphatic carbocycles. The summed E-state index contributed by atoms with van der Waals surface area (Å²) in [5.41, 5.74) is 1.61. The first kappa shape index (κ1) is 13.0. The van der Waals surface area contributed by atoms with Gasteiger partial charge in [0.25, 0.3) is 11.6 Å². The Morgan fingerprint density at radius 3 is 2.57 bits per heavy atom. The largest absolute Gasteiger partial charge is 0.370 e. The zero-order valence-electron chi connectivity index (χ0n) is 10.7. The normalized spacial score (nSPS) is 16.2. The van der Waals surface area contributed by atoms with E-state index in [2.05, 4.69) is 10.6 Å². The molecule has 3 rings (SSSR count). The number of nitrogens with zero attached hydrogens (tertiary/aromatic N) is 1. The maximum absolute atomic E-state index is 13.1. The highest BCUT2D eigenvalue weighted by Crippen LogP contribution is 2.33. The predicted octanol–water partition coefficient (Wildman–Crippen LogP) is 2.84. The molecule has 0 saturated heterocycles. The van der Waals surface area contributed by atoms with Crippen LogP contribution in [0.15, 0.2) is 42.5 Å². The molecular weight excluding hydrogens is 277 g/mol. The fraction of sp³-hybridized carbons (Fsp3) is 0.0714. The first-order valence-corrected chi connectivity index (χ1v) is 6.16. The molecule has 106 valence electrons. The van der Waals surface area contributed by atoms with Gasteiger partial charge in [-0.05, 0) is 24.3 Å². The van der Waals surface area contributed by atoms with Gasteiger partial charge < -0.3 is 10.6 Å². The van der Waals surface area contributed by atoms with Crippen LogP contribution in [0, 0.1) is 15.9 Å². The van der Waals surface area contributed by atoms with Crippen molar-refractivity contribution >= 4 is 23.0 Å². The van der Waals surface area contributed by atoms with Crippen LogP contribution in [-0.2, 0) is 4.79 Å². The summed E-state index contributed by atoms with van der Waals surface area (Å²) in [6.07, 6.45) is 0. The number of non-ortho nitro benzene ring substituents is 1. The van der Waals surface area contributed by atoms with Crippen molar-refractivity contribution in [3.63, 3.8) is 0 Å². The van der Waals surface area contributed by atoms with E-state index in [1.807, 2.05) is 0 Å². The van der Waals surface area contributed by atoms with Crippen molar-refractivity contribution in [2.75, 3.05) is 10.6 Å². The number of benzene rings is 2. The van der Waals surface area contributed by atoms with Crippen molar-refractivity contribution in [3.05, 3.63) is 64.0 Å². The number of hydrogen-bond acceptors (Lipinski definition) is 4. The van der Waals surface area contributed by atoms with Crippen LogP contribution in [0.3, 0.4) is 0 Å². The summed E-state index contributed by atoms with van der Waals surface area (Å²) >= 11 is 0. The lowest BCUT2D eigenvalue weighted by Gasteiger charge is -2.12. The Morgan fingerprint density at radius 1 is 1.19 bits per heavy atom. The lowest BCUT2D eigenvalue weighted by Crippen LogP contribution is -2.19. The lowest BCUT2D eigenvalue weighted by molar-refractivity contribution is -0.384. The van der Waals surface area contributed by atoms with Gasteiger partial charge in [-0.2, -0.15) is 0 Å². The summed E-state index contributed by atoms with van der Waals surface area (Å²) < 4.78 is 13.1. The van der Waals surface area contributed by atoms with Gasteiger partial charge in [0, 0.05) is 29.1 Å². The van der Waals surface area contributed by atoms with Gasteiger partial charge in [-0.1, -0.05) is 6.07 Å². The summed E-state index contributed by atoms with van der Waals surface area (Å²) in [5, 5.41) is 16.2. The second kappa shape index (κ2) is 4.86. The van der Waals surface area contributed by atoms with Crippen molar-refractivity contribution in [1.29, 1.82) is 0 Å². The fourth-order valence-electron chi connectivity index (χ4n) is 2.22. The van der Waals surface area contributed by atoms with Crippen LogP contribution in [0.25, 0.3) is 0 Å². The topological polar surface area (TPSA) is 84.3 Å². The van der Waals surface area contributed by atoms with Gasteiger partial charge in [-0.3, -0.25) is 14.9 Å². The molecule has 1 aliphatic heterocycles. The van der Waals surface area contributed by atoms with Crippen molar-refractivity contribution < 1.29 is 14.1 Å². The number of carbonyl (C=O) groups is 1. The number of anilines is 2. The van der Waals surface area contributed by atoms with Gasteiger partial charge in [0.2, 0.25) is 0 Å². The van der Waals surface area contributed by atoms with E-state index in [0.717, 1.165) is 0 Å². The molecule has 1 amide bonds. The molecule has 0 radical (unpaired) electrons. The maximum Gasteiger partial charge on any atom is 0.269 e. The fourth-order valence-corrected chi connectivity index (χ4v) is 2.22. The number of nitrogens with one attached hydrogen (secondary N) is 2. The molecule has 0 bridgehead atoms. The molecule has 2 aromatic carbocycles. The van der Waals surface area contributed by atoms with Crippen LogP contribution in [0.5, 0.6) is 0 Å². The van der Waals surface area contributed by atoms with Crippen LogP contribution in [-0.4, -0.2) is 10.8 Å². The quantitative estimate of drug-likeness (QED) is 0.671. The summed E-state index contributed by atoms with van der Waals surface area (Å²) in [4.78, 5) is 22.0. The average molecular weight is 287 g/mol. The Hall–Kier alpha value is -2.96. The Kier molecular flexibility index (Phi) is 3.02. The SMILES string of the molecule is O=C1Nc2cc(F)ccc2C1Nc1ccc([N+](=O)[O-])cc1. The molecular formula is C14H10FN3O3. The zero-order chi connectivity index (χ0) is 15.0. The Balaban J connectivity index is 1.85. The molecule has 0 fully saturated rings. The van der Waals surface area contributed by atoms with E-state index >= 15 is 0 Å². The Labute approximate surface area is 118 Å². The minimum Gasteiger partial charge on any atom is -0.370 e. The van der Waals surface area contributed by atoms with Gasteiger partial charge in [0.05, 0.1) is 4.92 Å². The summed E-state index contributed by atoms with van der Waals surface area (Å²) in [7, 11) is 0. The van der Waals surface area contributed by atoms with Crippen LogP contribution < -0.4 is 10.6 Å². The second-order valence-corrected chi connectivity index (χ2v) is 4.60. The Morgan fingerprint density at radius 2 is 1.90 bits per heavy atom. The number of fused-ring (bicyclic) bond motifs is 1. The van der Waals surface area contributed by atoms with Crippen molar-refractivity contribution in [3.8, 4) is 0 Å². The van der Waals surface area contributed by atoms with Gasteiger partial charge in [-0.25, -0.2) is 4.39 Å². The van der Waals surface area contributed by atoms with E-state index in [0.29, 0.717) is 16.9 Å². The first-order valence-electron chi connectivity index (χ1n) is 6.16. The molecule has 1 heterocycles. The highest BCUT2D eigenvalue weighted by molar-refractivity contribution is 6.04. The molecule has 0 saturated carbocycles. The zero-order valence-corrected chi connectivity index (χ0v) is 10.7. The third-order valence-corrected chi connectivity index (χ3v) is 3.24. The predicted molar refractivity (Wildman–Crippen MR) is 74.5 cm³/mol. The molecule has 1 unspecified atom stereocenters. The van der Waals surface area contributed by atoms with Crippen LogP contribution in [0.4, 0.5) is 21.5 Å². The number of carbonyl (C=O) groups excluding carboxylic acids is 1. The monoisotopic (exact) mass is 287 g/mol. The summed E-state index contributed by atoms with van der Waals surface area (Å²) in [6, 6.07) is 9.16.